The van der Waals surface area contributed by atoms with E-state index in [1.165, 1.54) is 0 Å². The summed E-state index contributed by atoms with van der Waals surface area (Å²) < 4.78 is 10.6. The van der Waals surface area contributed by atoms with Crippen LogP contribution in [0.3, 0.4) is 0 Å². The molecule has 0 radical (unpaired) electrons. The normalized spacial score (nSPS) is 12.8. The lowest BCUT2D eigenvalue weighted by atomic mass is 10.0. The summed E-state index contributed by atoms with van der Waals surface area (Å²) >= 11 is 5.90. The van der Waals surface area contributed by atoms with Crippen molar-refractivity contribution >= 4 is 29.1 Å². The van der Waals surface area contributed by atoms with Gasteiger partial charge in [-0.1, -0.05) is 41.9 Å². The van der Waals surface area contributed by atoms with Gasteiger partial charge >= 0.3 is 0 Å². The van der Waals surface area contributed by atoms with Gasteiger partial charge in [-0.25, -0.2) is 0 Å². The van der Waals surface area contributed by atoms with Crippen molar-refractivity contribution in [1.29, 1.82) is 0 Å². The van der Waals surface area contributed by atoms with Crippen molar-refractivity contribution in [2.45, 2.75) is 12.5 Å². The van der Waals surface area contributed by atoms with Crippen LogP contribution >= 0.6 is 11.6 Å². The van der Waals surface area contributed by atoms with Gasteiger partial charge in [0.2, 0.25) is 12.7 Å². The van der Waals surface area contributed by atoms with E-state index in [0.717, 1.165) is 5.56 Å². The zero-order valence-corrected chi connectivity index (χ0v) is 16.7. The van der Waals surface area contributed by atoms with Crippen molar-refractivity contribution in [2.75, 3.05) is 12.1 Å². The van der Waals surface area contributed by atoms with Crippen LogP contribution in [0.25, 0.3) is 0 Å². The van der Waals surface area contributed by atoms with Crippen molar-refractivity contribution in [3.05, 3.63) is 88.9 Å². The maximum absolute atomic E-state index is 13.0. The third-order valence-corrected chi connectivity index (χ3v) is 4.90. The molecular formula is C23H19ClN2O4. The van der Waals surface area contributed by atoms with Gasteiger partial charge < -0.3 is 20.1 Å². The van der Waals surface area contributed by atoms with Crippen molar-refractivity contribution in [2.24, 2.45) is 0 Å². The maximum atomic E-state index is 13.0. The van der Waals surface area contributed by atoms with E-state index in [2.05, 4.69) is 10.6 Å². The van der Waals surface area contributed by atoms with Crippen LogP contribution in [0.4, 0.5) is 5.69 Å². The minimum Gasteiger partial charge on any atom is -0.454 e. The molecule has 3 aromatic carbocycles. The molecule has 7 heteroatoms. The minimum atomic E-state index is -0.777. The first kappa shape index (κ1) is 19.8. The quantitative estimate of drug-likeness (QED) is 0.628. The van der Waals surface area contributed by atoms with Crippen molar-refractivity contribution in [3.63, 3.8) is 0 Å². The van der Waals surface area contributed by atoms with Gasteiger partial charge in [-0.15, -0.1) is 0 Å². The molecule has 0 saturated heterocycles. The monoisotopic (exact) mass is 422 g/mol. The molecule has 1 atom stereocenters. The molecule has 0 fully saturated rings. The highest BCUT2D eigenvalue weighted by atomic mass is 35.5. The van der Waals surface area contributed by atoms with Gasteiger partial charge in [0, 0.05) is 28.8 Å². The summed E-state index contributed by atoms with van der Waals surface area (Å²) in [6.45, 7) is 0.153. The van der Waals surface area contributed by atoms with E-state index in [-0.39, 0.29) is 18.6 Å². The lowest BCUT2D eigenvalue weighted by Gasteiger charge is -2.19. The summed E-state index contributed by atoms with van der Waals surface area (Å²) in [7, 11) is 0. The second kappa shape index (κ2) is 8.88. The van der Waals surface area contributed by atoms with E-state index in [0.29, 0.717) is 34.2 Å². The number of anilines is 1. The van der Waals surface area contributed by atoms with Gasteiger partial charge in [-0.2, -0.15) is 0 Å². The maximum Gasteiger partial charge on any atom is 0.251 e. The fraction of sp³-hybridized carbons (Fsp3) is 0.130. The third kappa shape index (κ3) is 4.72. The first-order valence-electron chi connectivity index (χ1n) is 9.39. The lowest BCUT2D eigenvalue weighted by molar-refractivity contribution is -0.118. The summed E-state index contributed by atoms with van der Waals surface area (Å²) in [5.41, 5.74) is 1.91. The number of hydrogen-bond acceptors (Lipinski definition) is 4. The molecule has 0 unspecified atom stereocenters. The third-order valence-electron chi connectivity index (χ3n) is 4.65. The zero-order chi connectivity index (χ0) is 20.9. The minimum absolute atomic E-state index is 0.153. The Hall–Kier alpha value is -3.51. The Bertz CT molecular complexity index is 1050. The first-order chi connectivity index (χ1) is 14.6. The fourth-order valence-electron chi connectivity index (χ4n) is 3.11. The Morgan fingerprint density at radius 1 is 0.933 bits per heavy atom. The van der Waals surface area contributed by atoms with Crippen LogP contribution in [0.2, 0.25) is 5.02 Å². The molecule has 1 aliphatic rings. The molecule has 0 saturated carbocycles. The Morgan fingerprint density at radius 3 is 2.43 bits per heavy atom. The predicted molar refractivity (Wildman–Crippen MR) is 114 cm³/mol. The summed E-state index contributed by atoms with van der Waals surface area (Å²) in [5.74, 6) is 0.510. The van der Waals surface area contributed by atoms with E-state index in [1.807, 2.05) is 30.3 Å². The molecule has 6 nitrogen and oxygen atoms in total. The number of carbonyl (C=O) groups is 2. The summed E-state index contributed by atoms with van der Waals surface area (Å²) in [4.78, 5) is 25.7. The van der Waals surface area contributed by atoms with Gasteiger partial charge in [-0.05, 0) is 42.0 Å². The molecule has 3 aromatic rings. The number of benzene rings is 3. The highest BCUT2D eigenvalue weighted by Crippen LogP contribution is 2.34. The first-order valence-corrected chi connectivity index (χ1v) is 9.77. The molecule has 4 rings (SSSR count). The number of rotatable bonds is 6. The molecule has 30 heavy (non-hydrogen) atoms. The Morgan fingerprint density at radius 2 is 1.67 bits per heavy atom. The van der Waals surface area contributed by atoms with Crippen LogP contribution in [0.5, 0.6) is 11.5 Å². The van der Waals surface area contributed by atoms with Gasteiger partial charge in [-0.3, -0.25) is 9.59 Å². The van der Waals surface area contributed by atoms with E-state index in [9.17, 15) is 9.59 Å². The van der Waals surface area contributed by atoms with Gasteiger partial charge in [0.05, 0.1) is 0 Å². The molecule has 2 N–H and O–H groups in total. The number of fused-ring (bicyclic) bond motifs is 1. The number of amides is 2. The molecule has 2 amide bonds. The highest BCUT2D eigenvalue weighted by molar-refractivity contribution is 6.30. The highest BCUT2D eigenvalue weighted by Gasteiger charge is 2.23. The number of ether oxygens (including phenoxy) is 2. The number of carbonyl (C=O) groups excluding carboxylic acids is 2. The van der Waals surface area contributed by atoms with Crippen molar-refractivity contribution in [3.8, 4) is 11.5 Å². The molecule has 0 bridgehead atoms. The van der Waals surface area contributed by atoms with Crippen molar-refractivity contribution < 1.29 is 19.1 Å². The summed E-state index contributed by atoms with van der Waals surface area (Å²) in [6.07, 6.45) is 0.344. The van der Waals surface area contributed by atoms with Gasteiger partial charge in [0.1, 0.15) is 6.04 Å². The molecule has 0 aliphatic carbocycles. The average Bonchev–Trinajstić information content (AvgIpc) is 3.22. The molecule has 1 heterocycles. The molecule has 0 aromatic heterocycles. The second-order valence-corrected chi connectivity index (χ2v) is 7.22. The molecule has 1 aliphatic heterocycles. The van der Waals surface area contributed by atoms with Crippen LogP contribution in [-0.2, 0) is 11.2 Å². The Labute approximate surface area is 178 Å². The van der Waals surface area contributed by atoms with E-state index in [4.69, 9.17) is 21.1 Å². The SMILES string of the molecule is O=C(N[C@@H](Cc1ccccc1)C(=O)Nc1ccc2c(c1)OCO2)c1ccc(Cl)cc1. The number of halogens is 1. The van der Waals surface area contributed by atoms with Crippen LogP contribution in [-0.4, -0.2) is 24.6 Å². The smallest absolute Gasteiger partial charge is 0.251 e. The van der Waals surface area contributed by atoms with Crippen LogP contribution < -0.4 is 20.1 Å². The number of hydrogen-bond donors (Lipinski definition) is 2. The average molecular weight is 423 g/mol. The van der Waals surface area contributed by atoms with Gasteiger partial charge in [0.15, 0.2) is 11.5 Å². The lowest BCUT2D eigenvalue weighted by Crippen LogP contribution is -2.45. The predicted octanol–water partition coefficient (Wildman–Crippen LogP) is 4.05. The molecular weight excluding hydrogens is 404 g/mol. The second-order valence-electron chi connectivity index (χ2n) is 6.78. The molecule has 0 spiro atoms. The van der Waals surface area contributed by atoms with Gasteiger partial charge in [0.25, 0.3) is 5.91 Å². The summed E-state index contributed by atoms with van der Waals surface area (Å²) in [5, 5.41) is 6.21. The van der Waals surface area contributed by atoms with Crippen LogP contribution in [0, 0.1) is 0 Å². The standard InChI is InChI=1S/C23H19ClN2O4/c24-17-8-6-16(7-9-17)22(27)26-19(12-15-4-2-1-3-5-15)23(28)25-18-10-11-20-21(13-18)30-14-29-20/h1-11,13,19H,12,14H2,(H,25,28)(H,26,27)/t19-/m0/s1. The zero-order valence-electron chi connectivity index (χ0n) is 15.9. The van der Waals surface area contributed by atoms with E-state index in [1.54, 1.807) is 42.5 Å². The topological polar surface area (TPSA) is 76.7 Å². The van der Waals surface area contributed by atoms with E-state index < -0.39 is 6.04 Å². The Balaban J connectivity index is 1.52. The van der Waals surface area contributed by atoms with Crippen molar-refractivity contribution in [1.82, 2.24) is 5.32 Å². The van der Waals surface area contributed by atoms with Crippen LogP contribution in [0.15, 0.2) is 72.8 Å². The molecule has 152 valence electrons. The Kier molecular flexibility index (Phi) is 5.86. The number of nitrogens with one attached hydrogen (secondary N) is 2. The largest absolute Gasteiger partial charge is 0.454 e. The fourth-order valence-corrected chi connectivity index (χ4v) is 3.23. The van der Waals surface area contributed by atoms with E-state index >= 15 is 0 Å². The summed E-state index contributed by atoms with van der Waals surface area (Å²) in [6, 6.07) is 20.4. The van der Waals surface area contributed by atoms with Crippen LogP contribution in [0.1, 0.15) is 15.9 Å².